The summed E-state index contributed by atoms with van der Waals surface area (Å²) in [6, 6.07) is 19.6. The van der Waals surface area contributed by atoms with Gasteiger partial charge in [-0.3, -0.25) is 9.59 Å². The molecule has 0 heterocycles. The molecule has 0 unspecified atom stereocenters. The van der Waals surface area contributed by atoms with Crippen molar-refractivity contribution in [1.29, 1.82) is 0 Å². The predicted molar refractivity (Wildman–Crippen MR) is 137 cm³/mol. The number of nitrogens with zero attached hydrogens (tertiary/aromatic N) is 1. The van der Waals surface area contributed by atoms with Crippen molar-refractivity contribution >= 4 is 58.5 Å². The summed E-state index contributed by atoms with van der Waals surface area (Å²) in [5.41, 5.74) is 4.79. The molecule has 0 fully saturated rings. The largest absolute Gasteiger partial charge is 0.489 e. The molecule has 0 saturated carbocycles. The van der Waals surface area contributed by atoms with E-state index in [1.165, 1.54) is 6.21 Å². The van der Waals surface area contributed by atoms with E-state index in [9.17, 15) is 9.59 Å². The van der Waals surface area contributed by atoms with Crippen molar-refractivity contribution in [2.24, 2.45) is 5.10 Å². The van der Waals surface area contributed by atoms with Crippen molar-refractivity contribution in [3.8, 4) is 5.75 Å². The number of nitrogens with one attached hydrogen (secondary N) is 2. The third-order valence-electron chi connectivity index (χ3n) is 4.59. The summed E-state index contributed by atoms with van der Waals surface area (Å²) >= 11 is 17.7. The van der Waals surface area contributed by atoms with Crippen molar-refractivity contribution in [1.82, 2.24) is 5.43 Å². The maximum absolute atomic E-state index is 12.0. The smallest absolute Gasteiger partial charge is 0.240 e. The molecule has 0 aliphatic heterocycles. The maximum atomic E-state index is 12.0. The fourth-order valence-electron chi connectivity index (χ4n) is 2.87. The van der Waals surface area contributed by atoms with E-state index >= 15 is 0 Å². The molecule has 0 spiro atoms. The summed E-state index contributed by atoms with van der Waals surface area (Å²) < 4.78 is 5.79. The number of hydrogen-bond acceptors (Lipinski definition) is 4. The van der Waals surface area contributed by atoms with Gasteiger partial charge < -0.3 is 10.1 Å². The number of benzene rings is 3. The fourth-order valence-corrected chi connectivity index (χ4v) is 3.30. The molecule has 3 aromatic rings. The average molecular weight is 519 g/mol. The van der Waals surface area contributed by atoms with Crippen molar-refractivity contribution < 1.29 is 14.3 Å². The van der Waals surface area contributed by atoms with E-state index in [1.54, 1.807) is 18.2 Å². The van der Waals surface area contributed by atoms with E-state index in [0.717, 1.165) is 11.1 Å². The molecule has 0 radical (unpaired) electrons. The van der Waals surface area contributed by atoms with Gasteiger partial charge >= 0.3 is 0 Å². The quantitative estimate of drug-likeness (QED) is 0.238. The Morgan fingerprint density at radius 3 is 2.41 bits per heavy atom. The Morgan fingerprint density at radius 1 is 0.882 bits per heavy atom. The van der Waals surface area contributed by atoms with Crippen LogP contribution in [0.1, 0.15) is 30.4 Å². The lowest BCUT2D eigenvalue weighted by Crippen LogP contribution is -2.18. The maximum Gasteiger partial charge on any atom is 0.240 e. The lowest BCUT2D eigenvalue weighted by Gasteiger charge is -2.07. The minimum atomic E-state index is -0.284. The van der Waals surface area contributed by atoms with Crippen molar-refractivity contribution in [2.45, 2.75) is 25.9 Å². The Hall–Kier alpha value is -3.06. The monoisotopic (exact) mass is 517 g/mol. The summed E-state index contributed by atoms with van der Waals surface area (Å²) in [4.78, 5) is 24.0. The average Bonchev–Trinajstić information content (AvgIpc) is 2.81. The highest BCUT2D eigenvalue weighted by atomic mass is 35.5. The van der Waals surface area contributed by atoms with Crippen LogP contribution in [0.4, 0.5) is 5.69 Å². The van der Waals surface area contributed by atoms with Gasteiger partial charge in [-0.15, -0.1) is 0 Å². The number of halogens is 3. The zero-order valence-electron chi connectivity index (χ0n) is 18.1. The molecule has 34 heavy (non-hydrogen) atoms. The normalized spacial score (nSPS) is 10.8. The third-order valence-corrected chi connectivity index (χ3v) is 5.58. The van der Waals surface area contributed by atoms with E-state index in [-0.39, 0.29) is 24.7 Å². The van der Waals surface area contributed by atoms with Gasteiger partial charge in [0, 0.05) is 23.6 Å². The molecule has 2 amide bonds. The number of hydrogen-bond donors (Lipinski definition) is 2. The molecule has 0 aromatic heterocycles. The Labute approximate surface area is 212 Å². The van der Waals surface area contributed by atoms with Crippen LogP contribution in [0.15, 0.2) is 71.8 Å². The van der Waals surface area contributed by atoms with Crippen molar-refractivity contribution in [3.63, 3.8) is 0 Å². The van der Waals surface area contributed by atoms with Gasteiger partial charge in [-0.25, -0.2) is 5.43 Å². The number of anilines is 1. The van der Waals surface area contributed by atoms with Gasteiger partial charge in [0.15, 0.2) is 0 Å². The van der Waals surface area contributed by atoms with E-state index in [0.29, 0.717) is 39.5 Å². The molecule has 9 heteroatoms. The van der Waals surface area contributed by atoms with Gasteiger partial charge in [0.25, 0.3) is 0 Å². The molecule has 176 valence electrons. The number of rotatable bonds is 10. The topological polar surface area (TPSA) is 79.8 Å². The molecular weight excluding hydrogens is 497 g/mol. The number of carbonyl (C=O) groups excluding carboxylic acids is 2. The van der Waals surface area contributed by atoms with Crippen molar-refractivity contribution in [3.05, 3.63) is 92.9 Å². The molecule has 3 rings (SSSR count). The van der Waals surface area contributed by atoms with E-state index in [2.05, 4.69) is 15.8 Å². The summed E-state index contributed by atoms with van der Waals surface area (Å²) in [6.07, 6.45) is 2.26. The Bertz CT molecular complexity index is 1170. The first-order chi connectivity index (χ1) is 16.4. The summed E-state index contributed by atoms with van der Waals surface area (Å²) in [5, 5.41) is 8.13. The first kappa shape index (κ1) is 25.6. The molecule has 3 aromatic carbocycles. The van der Waals surface area contributed by atoms with Crippen LogP contribution in [-0.2, 0) is 16.2 Å². The van der Waals surface area contributed by atoms with Gasteiger partial charge in [0.1, 0.15) is 12.4 Å². The summed E-state index contributed by atoms with van der Waals surface area (Å²) in [6.45, 7) is 0.410. The van der Waals surface area contributed by atoms with Crippen LogP contribution < -0.4 is 15.5 Å². The van der Waals surface area contributed by atoms with Crippen LogP contribution in [0.2, 0.25) is 15.1 Å². The Kier molecular flexibility index (Phi) is 9.76. The Morgan fingerprint density at radius 2 is 1.65 bits per heavy atom. The molecule has 2 N–H and O–H groups in total. The number of hydrazone groups is 1. The van der Waals surface area contributed by atoms with Crippen LogP contribution >= 0.6 is 34.8 Å². The highest BCUT2D eigenvalue weighted by Gasteiger charge is 2.07. The highest BCUT2D eigenvalue weighted by Crippen LogP contribution is 2.25. The minimum Gasteiger partial charge on any atom is -0.489 e. The van der Waals surface area contributed by atoms with E-state index in [1.807, 2.05) is 48.5 Å². The van der Waals surface area contributed by atoms with Crippen LogP contribution in [0.25, 0.3) is 0 Å². The lowest BCUT2D eigenvalue weighted by molar-refractivity contribution is -0.121. The van der Waals surface area contributed by atoms with Gasteiger partial charge in [-0.1, -0.05) is 59.1 Å². The molecule has 6 nitrogen and oxygen atoms in total. The Balaban J connectivity index is 1.37. The SMILES string of the molecule is O=C(CCCC(=O)Nc1ccc(Cl)c(Cl)c1)N/N=C\c1cccc(OCc2ccc(Cl)cc2)c1. The fraction of sp³-hybridized carbons (Fsp3) is 0.160. The minimum absolute atomic E-state index is 0.163. The number of ether oxygens (including phenoxy) is 1. The van der Waals surface area contributed by atoms with Gasteiger partial charge in [-0.2, -0.15) is 5.10 Å². The van der Waals surface area contributed by atoms with Crippen LogP contribution in [0.5, 0.6) is 5.75 Å². The van der Waals surface area contributed by atoms with E-state index < -0.39 is 0 Å². The summed E-state index contributed by atoms with van der Waals surface area (Å²) in [5.74, 6) is 0.178. The molecule has 0 bridgehead atoms. The number of carbonyl (C=O) groups is 2. The molecule has 0 atom stereocenters. The van der Waals surface area contributed by atoms with Gasteiger partial charge in [-0.05, 0) is 60.0 Å². The molecule has 0 aliphatic rings. The number of amides is 2. The lowest BCUT2D eigenvalue weighted by atomic mass is 10.2. The first-order valence-electron chi connectivity index (χ1n) is 10.4. The van der Waals surface area contributed by atoms with Crippen molar-refractivity contribution in [2.75, 3.05) is 5.32 Å². The second-order valence-corrected chi connectivity index (χ2v) is 8.56. The van der Waals surface area contributed by atoms with Gasteiger partial charge in [0.2, 0.25) is 11.8 Å². The van der Waals surface area contributed by atoms with E-state index in [4.69, 9.17) is 39.5 Å². The zero-order valence-corrected chi connectivity index (χ0v) is 20.3. The van der Waals surface area contributed by atoms with Crippen LogP contribution in [-0.4, -0.2) is 18.0 Å². The predicted octanol–water partition coefficient (Wildman–Crippen LogP) is 6.48. The standard InChI is InChI=1S/C25H22Cl3N3O3/c26-19-9-7-17(8-10-19)16-34-21-4-1-3-18(13-21)15-29-31-25(33)6-2-5-24(32)30-20-11-12-22(27)23(28)14-20/h1,3-4,7-15H,2,5-6,16H2,(H,30,32)(H,31,33)/b29-15-. The second kappa shape index (κ2) is 13.0. The highest BCUT2D eigenvalue weighted by molar-refractivity contribution is 6.42. The molecule has 0 saturated heterocycles. The second-order valence-electron chi connectivity index (χ2n) is 7.31. The third kappa shape index (κ3) is 8.71. The molecule has 0 aliphatic carbocycles. The molecular formula is C25H22Cl3N3O3. The first-order valence-corrected chi connectivity index (χ1v) is 11.6. The van der Waals surface area contributed by atoms with Crippen LogP contribution in [0, 0.1) is 0 Å². The van der Waals surface area contributed by atoms with Crippen LogP contribution in [0.3, 0.4) is 0 Å². The summed E-state index contributed by atoms with van der Waals surface area (Å²) in [7, 11) is 0. The zero-order chi connectivity index (χ0) is 24.3. The van der Waals surface area contributed by atoms with Gasteiger partial charge in [0.05, 0.1) is 16.3 Å².